The fourth-order valence-corrected chi connectivity index (χ4v) is 6.24. The van der Waals surface area contributed by atoms with Gasteiger partial charge in [-0.3, -0.25) is 9.58 Å². The lowest BCUT2D eigenvalue weighted by Gasteiger charge is -2.38. The highest BCUT2D eigenvalue weighted by atomic mass is 35.5. The van der Waals surface area contributed by atoms with E-state index in [1.54, 1.807) is 29.5 Å². The van der Waals surface area contributed by atoms with Gasteiger partial charge in [0.15, 0.2) is 6.61 Å². The zero-order chi connectivity index (χ0) is 32.0. The Morgan fingerprint density at radius 2 is 1.91 bits per heavy atom. The summed E-state index contributed by atoms with van der Waals surface area (Å²) in [6.45, 7) is 6.19. The molecule has 1 saturated carbocycles. The fraction of sp³-hybridized carbons (Fsp3) is 0.452. The summed E-state index contributed by atoms with van der Waals surface area (Å²) in [6, 6.07) is 8.23. The number of oxazole rings is 1. The second-order valence-electron chi connectivity index (χ2n) is 11.6. The van der Waals surface area contributed by atoms with Crippen LogP contribution in [-0.2, 0) is 17.9 Å². The highest BCUT2D eigenvalue weighted by molar-refractivity contribution is 6.32. The highest BCUT2D eigenvalue weighted by Crippen LogP contribution is 2.36. The molecule has 47 heavy (non-hydrogen) atoms. The third-order valence-corrected chi connectivity index (χ3v) is 8.72. The number of hydrogen-bond donors (Lipinski definition) is 1. The number of aromatic nitrogens is 9. The van der Waals surface area contributed by atoms with Crippen molar-refractivity contribution in [1.29, 1.82) is 0 Å². The number of ether oxygens (including phenoxy) is 3. The first-order chi connectivity index (χ1) is 23.1. The van der Waals surface area contributed by atoms with E-state index in [1.165, 1.54) is 6.26 Å². The fourth-order valence-electron chi connectivity index (χ4n) is 6.07. The van der Waals surface area contributed by atoms with Gasteiger partial charge in [-0.2, -0.15) is 0 Å². The monoisotopic (exact) mass is 661 g/mol. The van der Waals surface area contributed by atoms with E-state index in [1.807, 2.05) is 36.0 Å². The van der Waals surface area contributed by atoms with Crippen LogP contribution < -0.4 is 14.8 Å². The van der Waals surface area contributed by atoms with Crippen LogP contribution in [0.1, 0.15) is 44.5 Å². The lowest BCUT2D eigenvalue weighted by atomic mass is 9.90. The number of halogens is 1. The van der Waals surface area contributed by atoms with Crippen molar-refractivity contribution in [3.05, 3.63) is 66.4 Å². The Morgan fingerprint density at radius 3 is 2.70 bits per heavy atom. The Kier molecular flexibility index (Phi) is 9.53. The van der Waals surface area contributed by atoms with Gasteiger partial charge in [0.05, 0.1) is 48.9 Å². The van der Waals surface area contributed by atoms with E-state index in [2.05, 4.69) is 35.7 Å². The zero-order valence-electron chi connectivity index (χ0n) is 26.0. The molecule has 7 rings (SSSR count). The van der Waals surface area contributed by atoms with Crippen molar-refractivity contribution < 1.29 is 18.6 Å². The maximum atomic E-state index is 6.49. The molecular weight excluding hydrogens is 626 g/mol. The number of anilines is 2. The van der Waals surface area contributed by atoms with Gasteiger partial charge in [0.25, 0.3) is 5.88 Å². The predicted molar refractivity (Wildman–Crippen MR) is 170 cm³/mol. The van der Waals surface area contributed by atoms with Crippen LogP contribution in [0.25, 0.3) is 11.3 Å². The topological polar surface area (TPSA) is 156 Å². The molecule has 16 heteroatoms. The minimum atomic E-state index is -0.227. The molecule has 2 fully saturated rings. The Bertz CT molecular complexity index is 1720. The van der Waals surface area contributed by atoms with Crippen molar-refractivity contribution in [2.45, 2.75) is 63.9 Å². The minimum Gasteiger partial charge on any atom is -0.487 e. The number of nitrogens with one attached hydrogen (secondary N) is 1. The molecule has 5 heterocycles. The molecule has 246 valence electrons. The molecule has 0 unspecified atom stereocenters. The molecule has 0 spiro atoms. The van der Waals surface area contributed by atoms with Gasteiger partial charge in [0.1, 0.15) is 30.1 Å². The normalized spacial score (nSPS) is 19.4. The van der Waals surface area contributed by atoms with Crippen molar-refractivity contribution in [3.8, 4) is 22.9 Å². The SMILES string of the molecule is C[C@@H](Cn1cnnn1)Oc1cc(-c2ccnc(Nc3cn(C4CCC(N5CCOCC5)CC4)nc3OCc3ncco3)n2)ccc1Cl. The van der Waals surface area contributed by atoms with Gasteiger partial charge in [-0.15, -0.1) is 10.2 Å². The van der Waals surface area contributed by atoms with E-state index in [4.69, 9.17) is 40.3 Å². The molecule has 15 nitrogen and oxygen atoms in total. The molecule has 0 radical (unpaired) electrons. The second-order valence-corrected chi connectivity index (χ2v) is 12.1. The minimum absolute atomic E-state index is 0.142. The van der Waals surface area contributed by atoms with E-state index in [0.29, 0.717) is 52.5 Å². The quantitative estimate of drug-likeness (QED) is 0.198. The van der Waals surface area contributed by atoms with Crippen molar-refractivity contribution in [1.82, 2.24) is 49.8 Å². The van der Waals surface area contributed by atoms with Crippen LogP contribution in [0.15, 0.2) is 59.9 Å². The van der Waals surface area contributed by atoms with Crippen molar-refractivity contribution >= 4 is 23.2 Å². The summed E-state index contributed by atoms with van der Waals surface area (Å²) in [5, 5.41) is 19.9. The van der Waals surface area contributed by atoms with Gasteiger partial charge < -0.3 is 23.9 Å². The lowest BCUT2D eigenvalue weighted by molar-refractivity contribution is 0.00502. The Hall–Kier alpha value is -4.60. The van der Waals surface area contributed by atoms with Crippen LogP contribution in [0.4, 0.5) is 11.6 Å². The molecule has 1 aromatic carbocycles. The molecule has 5 aromatic rings. The summed E-state index contributed by atoms with van der Waals surface area (Å²) in [6.07, 6.45) is 12.4. The van der Waals surface area contributed by atoms with Crippen molar-refractivity contribution in [3.63, 3.8) is 0 Å². The van der Waals surface area contributed by atoms with Crippen LogP contribution in [0.2, 0.25) is 5.02 Å². The van der Waals surface area contributed by atoms with Crippen molar-refractivity contribution in [2.24, 2.45) is 0 Å². The molecule has 1 saturated heterocycles. The molecule has 0 amide bonds. The van der Waals surface area contributed by atoms with Gasteiger partial charge >= 0.3 is 0 Å². The molecule has 1 aliphatic carbocycles. The smallest absolute Gasteiger partial charge is 0.257 e. The van der Waals surface area contributed by atoms with Crippen LogP contribution in [-0.4, -0.2) is 88.3 Å². The lowest BCUT2D eigenvalue weighted by Crippen LogP contribution is -2.45. The molecular formula is C31H36ClN11O4. The van der Waals surface area contributed by atoms with E-state index >= 15 is 0 Å². The van der Waals surface area contributed by atoms with Crippen LogP contribution in [0.3, 0.4) is 0 Å². The highest BCUT2D eigenvalue weighted by Gasteiger charge is 2.29. The number of morpholine rings is 1. The Morgan fingerprint density at radius 1 is 1.06 bits per heavy atom. The number of hydrogen-bond acceptors (Lipinski definition) is 13. The summed E-state index contributed by atoms with van der Waals surface area (Å²) in [5.74, 6) is 1.81. The van der Waals surface area contributed by atoms with Gasteiger partial charge in [-0.25, -0.2) is 19.6 Å². The van der Waals surface area contributed by atoms with E-state index in [9.17, 15) is 0 Å². The molecule has 0 bridgehead atoms. The number of nitrogens with zero attached hydrogens (tertiary/aromatic N) is 10. The van der Waals surface area contributed by atoms with Gasteiger partial charge in [0.2, 0.25) is 11.8 Å². The van der Waals surface area contributed by atoms with Crippen LogP contribution in [0.5, 0.6) is 11.6 Å². The van der Waals surface area contributed by atoms with Gasteiger partial charge in [0, 0.05) is 30.9 Å². The first-order valence-electron chi connectivity index (χ1n) is 15.8. The first kappa shape index (κ1) is 31.0. The van der Waals surface area contributed by atoms with Gasteiger partial charge in [-0.1, -0.05) is 17.7 Å². The molecule has 2 aliphatic rings. The molecule has 1 atom stereocenters. The van der Waals surface area contributed by atoms with E-state index in [-0.39, 0.29) is 18.8 Å². The van der Waals surface area contributed by atoms with Gasteiger partial charge in [-0.05, 0) is 61.2 Å². The standard InChI is InChI=1S/C31H36ClN11O4/c1-21(17-42-20-35-39-40-42)47-28-16-22(2-7-25(28)32)26-8-9-34-31(36-26)37-27-18-43(38-30(27)46-19-29-33-10-13-45-29)24-5-3-23(4-6-24)41-11-14-44-15-12-41/h2,7-10,13,16,18,20-21,23-24H,3-6,11-12,14-15,17,19H2,1H3,(H,34,36,37)/t21-,23?,24?/m0/s1. The summed E-state index contributed by atoms with van der Waals surface area (Å²) >= 11 is 6.49. The number of rotatable bonds is 12. The number of tetrazole rings is 1. The van der Waals surface area contributed by atoms with E-state index < -0.39 is 0 Å². The zero-order valence-corrected chi connectivity index (χ0v) is 26.7. The Labute approximate surface area is 276 Å². The van der Waals surface area contributed by atoms with E-state index in [0.717, 1.165) is 57.6 Å². The molecule has 1 aliphatic heterocycles. The summed E-state index contributed by atoms with van der Waals surface area (Å²) in [4.78, 5) is 16.0. The third kappa shape index (κ3) is 7.69. The first-order valence-corrected chi connectivity index (χ1v) is 16.1. The largest absolute Gasteiger partial charge is 0.487 e. The predicted octanol–water partition coefficient (Wildman–Crippen LogP) is 4.57. The average molecular weight is 662 g/mol. The summed E-state index contributed by atoms with van der Waals surface area (Å²) in [7, 11) is 0. The third-order valence-electron chi connectivity index (χ3n) is 8.41. The maximum absolute atomic E-state index is 6.49. The second kappa shape index (κ2) is 14.4. The summed E-state index contributed by atoms with van der Waals surface area (Å²) in [5.41, 5.74) is 2.16. The number of benzene rings is 1. The summed E-state index contributed by atoms with van der Waals surface area (Å²) < 4.78 is 26.8. The maximum Gasteiger partial charge on any atom is 0.257 e. The van der Waals surface area contributed by atoms with Crippen LogP contribution in [0, 0.1) is 0 Å². The molecule has 4 aromatic heterocycles. The molecule has 1 N–H and O–H groups in total. The van der Waals surface area contributed by atoms with Crippen LogP contribution >= 0.6 is 11.6 Å². The Balaban J connectivity index is 1.07. The average Bonchev–Trinajstić information content (AvgIpc) is 3.89. The van der Waals surface area contributed by atoms with Crippen molar-refractivity contribution in [2.75, 3.05) is 31.6 Å².